The molecule has 0 saturated heterocycles. The number of hydrogen-bond acceptors (Lipinski definition) is 3. The van der Waals surface area contributed by atoms with Crippen LogP contribution in [0.3, 0.4) is 0 Å². The minimum atomic E-state index is -0.834. The fourth-order valence-electron chi connectivity index (χ4n) is 2.90. The molecular formula is C22H20F2N2O3. The zero-order chi connectivity index (χ0) is 20.6. The molecule has 0 aliphatic heterocycles. The van der Waals surface area contributed by atoms with Crippen molar-refractivity contribution in [1.29, 1.82) is 0 Å². The van der Waals surface area contributed by atoms with Crippen LogP contribution in [-0.2, 0) is 17.6 Å². The van der Waals surface area contributed by atoms with Crippen molar-refractivity contribution in [2.24, 2.45) is 0 Å². The van der Waals surface area contributed by atoms with Crippen LogP contribution in [0.1, 0.15) is 21.7 Å². The van der Waals surface area contributed by atoms with Crippen molar-refractivity contribution in [3.8, 4) is 0 Å². The van der Waals surface area contributed by atoms with Gasteiger partial charge >= 0.3 is 0 Å². The van der Waals surface area contributed by atoms with Gasteiger partial charge in [-0.1, -0.05) is 30.3 Å². The first kappa shape index (κ1) is 20.3. The molecule has 5 nitrogen and oxygen atoms in total. The molecular weight excluding hydrogens is 378 g/mol. The van der Waals surface area contributed by atoms with Gasteiger partial charge in [0.05, 0.1) is 6.26 Å². The lowest BCUT2D eigenvalue weighted by Gasteiger charge is -2.18. The Morgan fingerprint density at radius 2 is 1.66 bits per heavy atom. The van der Waals surface area contributed by atoms with E-state index in [4.69, 9.17) is 4.42 Å². The fourth-order valence-corrected chi connectivity index (χ4v) is 2.90. The Morgan fingerprint density at radius 3 is 2.31 bits per heavy atom. The highest BCUT2D eigenvalue weighted by Crippen LogP contribution is 2.09. The monoisotopic (exact) mass is 398 g/mol. The first-order chi connectivity index (χ1) is 14.0. The van der Waals surface area contributed by atoms with Gasteiger partial charge in [0.25, 0.3) is 5.91 Å². The van der Waals surface area contributed by atoms with Crippen LogP contribution in [0, 0.1) is 11.6 Å². The maximum Gasteiger partial charge on any atom is 0.287 e. The zero-order valence-electron chi connectivity index (χ0n) is 15.5. The Morgan fingerprint density at radius 1 is 0.931 bits per heavy atom. The number of furan rings is 1. The second-order valence-electron chi connectivity index (χ2n) is 6.51. The van der Waals surface area contributed by atoms with E-state index in [0.29, 0.717) is 5.56 Å². The first-order valence-electron chi connectivity index (χ1n) is 9.12. The van der Waals surface area contributed by atoms with Crippen LogP contribution < -0.4 is 10.6 Å². The average Bonchev–Trinajstić information content (AvgIpc) is 3.22. The molecule has 0 aliphatic carbocycles. The van der Waals surface area contributed by atoms with Crippen LogP contribution in [0.15, 0.2) is 71.3 Å². The fraction of sp³-hybridized carbons (Fsp3) is 0.182. The molecule has 2 aromatic carbocycles. The number of nitrogens with one attached hydrogen (secondary N) is 2. The highest BCUT2D eigenvalue weighted by molar-refractivity contribution is 5.95. The molecule has 0 radical (unpaired) electrons. The molecule has 3 rings (SSSR count). The van der Waals surface area contributed by atoms with Gasteiger partial charge < -0.3 is 15.1 Å². The summed E-state index contributed by atoms with van der Waals surface area (Å²) in [6.45, 7) is 0.170. The summed E-state index contributed by atoms with van der Waals surface area (Å²) in [5, 5.41) is 5.38. The lowest BCUT2D eigenvalue weighted by molar-refractivity contribution is -0.122. The van der Waals surface area contributed by atoms with Gasteiger partial charge in [-0.3, -0.25) is 9.59 Å². The van der Waals surface area contributed by atoms with Crippen molar-refractivity contribution in [2.45, 2.75) is 18.9 Å². The SMILES string of the molecule is O=C(NC(Cc1ccccc1)C(=O)NCCc1cc(F)cc(F)c1)c1ccco1. The molecule has 29 heavy (non-hydrogen) atoms. The molecule has 1 aromatic heterocycles. The van der Waals surface area contributed by atoms with E-state index in [-0.39, 0.29) is 25.1 Å². The molecule has 0 spiro atoms. The highest BCUT2D eigenvalue weighted by Gasteiger charge is 2.22. The lowest BCUT2D eigenvalue weighted by atomic mass is 10.0. The van der Waals surface area contributed by atoms with E-state index >= 15 is 0 Å². The van der Waals surface area contributed by atoms with Gasteiger partial charge in [-0.2, -0.15) is 0 Å². The third-order valence-electron chi connectivity index (χ3n) is 4.28. The van der Waals surface area contributed by atoms with Crippen molar-refractivity contribution >= 4 is 11.8 Å². The van der Waals surface area contributed by atoms with E-state index in [1.54, 1.807) is 6.07 Å². The minimum absolute atomic E-state index is 0.103. The van der Waals surface area contributed by atoms with E-state index in [9.17, 15) is 18.4 Å². The molecule has 1 heterocycles. The van der Waals surface area contributed by atoms with Gasteiger partial charge in [0.2, 0.25) is 5.91 Å². The van der Waals surface area contributed by atoms with E-state index in [1.165, 1.54) is 24.5 Å². The summed E-state index contributed by atoms with van der Waals surface area (Å²) in [7, 11) is 0. The topological polar surface area (TPSA) is 71.3 Å². The molecule has 0 fully saturated rings. The summed E-state index contributed by atoms with van der Waals surface area (Å²) in [4.78, 5) is 25.0. The number of carbonyl (C=O) groups is 2. The standard InChI is InChI=1S/C22H20F2N2O3/c23-17-11-16(12-18(24)14-17)8-9-25-21(27)19(13-15-5-2-1-3-6-15)26-22(28)20-7-4-10-29-20/h1-7,10-12,14,19H,8-9,13H2,(H,25,27)(H,26,28). The Hall–Kier alpha value is -3.48. The third-order valence-corrected chi connectivity index (χ3v) is 4.28. The van der Waals surface area contributed by atoms with Gasteiger partial charge in [0, 0.05) is 19.0 Å². The van der Waals surface area contributed by atoms with E-state index < -0.39 is 29.5 Å². The molecule has 2 N–H and O–H groups in total. The number of halogens is 2. The molecule has 0 saturated carbocycles. The Bertz CT molecular complexity index is 939. The van der Waals surface area contributed by atoms with Crippen molar-refractivity contribution < 1.29 is 22.8 Å². The van der Waals surface area contributed by atoms with Crippen LogP contribution in [0.5, 0.6) is 0 Å². The maximum atomic E-state index is 13.3. The summed E-state index contributed by atoms with van der Waals surface area (Å²) in [5.74, 6) is -2.13. The number of hydrogen-bond donors (Lipinski definition) is 2. The molecule has 2 amide bonds. The molecule has 1 atom stereocenters. The number of amides is 2. The number of rotatable bonds is 8. The Kier molecular flexibility index (Phi) is 6.73. The highest BCUT2D eigenvalue weighted by atomic mass is 19.1. The smallest absolute Gasteiger partial charge is 0.287 e. The molecule has 7 heteroatoms. The Labute approximate surface area is 166 Å². The summed E-state index contributed by atoms with van der Waals surface area (Å²) in [6.07, 6.45) is 1.91. The van der Waals surface area contributed by atoms with Crippen molar-refractivity contribution in [3.63, 3.8) is 0 Å². The van der Waals surface area contributed by atoms with Crippen LogP contribution in [-0.4, -0.2) is 24.4 Å². The van der Waals surface area contributed by atoms with Crippen molar-refractivity contribution in [1.82, 2.24) is 10.6 Å². The van der Waals surface area contributed by atoms with Gasteiger partial charge in [0.15, 0.2) is 5.76 Å². The van der Waals surface area contributed by atoms with Gasteiger partial charge in [0.1, 0.15) is 17.7 Å². The zero-order valence-corrected chi connectivity index (χ0v) is 15.5. The maximum absolute atomic E-state index is 13.3. The third kappa shape index (κ3) is 6.00. The first-order valence-corrected chi connectivity index (χ1v) is 9.12. The van der Waals surface area contributed by atoms with E-state index in [2.05, 4.69) is 10.6 Å². The van der Waals surface area contributed by atoms with Crippen LogP contribution in [0.2, 0.25) is 0 Å². The van der Waals surface area contributed by atoms with Crippen LogP contribution in [0.4, 0.5) is 8.78 Å². The molecule has 0 aliphatic rings. The summed E-state index contributed by atoms with van der Waals surface area (Å²) in [6, 6.07) is 14.7. The predicted octanol–water partition coefficient (Wildman–Crippen LogP) is 3.26. The Balaban J connectivity index is 1.63. The quantitative estimate of drug-likeness (QED) is 0.612. The molecule has 150 valence electrons. The second-order valence-corrected chi connectivity index (χ2v) is 6.51. The van der Waals surface area contributed by atoms with Crippen molar-refractivity contribution in [3.05, 3.63) is 95.4 Å². The van der Waals surface area contributed by atoms with Gasteiger partial charge in [-0.25, -0.2) is 8.78 Å². The van der Waals surface area contributed by atoms with Crippen LogP contribution >= 0.6 is 0 Å². The van der Waals surface area contributed by atoms with Crippen LogP contribution in [0.25, 0.3) is 0 Å². The largest absolute Gasteiger partial charge is 0.459 e. The normalized spacial score (nSPS) is 11.7. The summed E-state index contributed by atoms with van der Waals surface area (Å²) >= 11 is 0. The molecule has 0 bridgehead atoms. The predicted molar refractivity (Wildman–Crippen MR) is 103 cm³/mol. The number of benzene rings is 2. The lowest BCUT2D eigenvalue weighted by Crippen LogP contribution is -2.48. The molecule has 1 unspecified atom stereocenters. The summed E-state index contributed by atoms with van der Waals surface area (Å²) < 4.78 is 31.6. The second kappa shape index (κ2) is 9.64. The minimum Gasteiger partial charge on any atom is -0.459 e. The number of carbonyl (C=O) groups excluding carboxylic acids is 2. The molecule has 3 aromatic rings. The average molecular weight is 398 g/mol. The summed E-state index contributed by atoms with van der Waals surface area (Å²) in [5.41, 5.74) is 1.31. The van der Waals surface area contributed by atoms with E-state index in [1.807, 2.05) is 30.3 Å². The van der Waals surface area contributed by atoms with Gasteiger partial charge in [-0.15, -0.1) is 0 Å². The van der Waals surface area contributed by atoms with E-state index in [0.717, 1.165) is 11.6 Å². The van der Waals surface area contributed by atoms with Crippen molar-refractivity contribution in [2.75, 3.05) is 6.54 Å². The van der Waals surface area contributed by atoms with Gasteiger partial charge in [-0.05, 0) is 41.8 Å².